The van der Waals surface area contributed by atoms with E-state index >= 15 is 0 Å². The van der Waals surface area contributed by atoms with Crippen LogP contribution in [0.2, 0.25) is 10.0 Å². The minimum absolute atomic E-state index is 0.00267. The van der Waals surface area contributed by atoms with E-state index in [0.717, 1.165) is 19.3 Å². The summed E-state index contributed by atoms with van der Waals surface area (Å²) in [7, 11) is 2.97. The van der Waals surface area contributed by atoms with Crippen LogP contribution in [0.5, 0.6) is 0 Å². The fraction of sp³-hybridized carbons (Fsp3) is 0.560. The molecule has 3 rings (SSSR count). The van der Waals surface area contributed by atoms with Gasteiger partial charge in [-0.2, -0.15) is 0 Å². The molecule has 0 aromatic heterocycles. The molecule has 186 valence electrons. The fourth-order valence-corrected chi connectivity index (χ4v) is 5.39. The van der Waals surface area contributed by atoms with Gasteiger partial charge in [0.2, 0.25) is 11.8 Å². The van der Waals surface area contributed by atoms with Crippen LogP contribution in [0.3, 0.4) is 0 Å². The highest BCUT2D eigenvalue weighted by atomic mass is 35.5. The maximum absolute atomic E-state index is 13.7. The second-order valence-corrected chi connectivity index (χ2v) is 9.71. The van der Waals surface area contributed by atoms with E-state index < -0.39 is 11.3 Å². The number of likely N-dealkylation sites (tertiary alicyclic amines) is 1. The SMILES string of the molecule is COCCCNC(=O)C[C@@H]1C[C@@]2(C(=O)OC)CCCCC=C2N(Cc2ccc(Cl)cc2Cl)C1=O. The minimum Gasteiger partial charge on any atom is -0.468 e. The third-order valence-corrected chi connectivity index (χ3v) is 7.17. The van der Waals surface area contributed by atoms with Crippen molar-refractivity contribution in [3.05, 3.63) is 45.6 Å². The molecule has 9 heteroatoms. The number of methoxy groups -OCH3 is 2. The van der Waals surface area contributed by atoms with E-state index in [4.69, 9.17) is 32.7 Å². The number of piperidine rings is 1. The van der Waals surface area contributed by atoms with Gasteiger partial charge >= 0.3 is 5.97 Å². The third kappa shape index (κ3) is 5.93. The number of carbonyl (C=O) groups is 3. The molecule has 1 aliphatic carbocycles. The molecular formula is C25H32Cl2N2O5. The van der Waals surface area contributed by atoms with E-state index in [1.807, 2.05) is 6.08 Å². The van der Waals surface area contributed by atoms with E-state index in [-0.39, 0.29) is 37.2 Å². The molecular weight excluding hydrogens is 479 g/mol. The smallest absolute Gasteiger partial charge is 0.317 e. The van der Waals surface area contributed by atoms with Gasteiger partial charge in [-0.25, -0.2) is 0 Å². The predicted octanol–water partition coefficient (Wildman–Crippen LogP) is 4.50. The van der Waals surface area contributed by atoms with Crippen molar-refractivity contribution >= 4 is 41.0 Å². The van der Waals surface area contributed by atoms with Crippen LogP contribution < -0.4 is 5.32 Å². The quantitative estimate of drug-likeness (QED) is 0.390. The standard InChI is InChI=1S/C25H32Cl2N2O5/c1-33-12-6-11-28-22(30)13-18-15-25(24(32)34-2)10-5-3-4-7-21(25)29(23(18)31)16-17-8-9-19(26)14-20(17)27/h7-9,14,18H,3-6,10-13,15-16H2,1-2H3,(H,28,30)/t18-,25+/m1/s1. The number of amides is 2. The number of nitrogens with one attached hydrogen (secondary N) is 1. The van der Waals surface area contributed by atoms with Crippen LogP contribution in [0.15, 0.2) is 30.0 Å². The number of fused-ring (bicyclic) bond motifs is 1. The summed E-state index contributed by atoms with van der Waals surface area (Å²) in [6, 6.07) is 5.13. The molecule has 1 aliphatic heterocycles. The Hall–Kier alpha value is -2.09. The lowest BCUT2D eigenvalue weighted by Crippen LogP contribution is -2.53. The van der Waals surface area contributed by atoms with Crippen molar-refractivity contribution in [1.82, 2.24) is 10.2 Å². The zero-order valence-corrected chi connectivity index (χ0v) is 21.2. The molecule has 0 bridgehead atoms. The molecule has 1 aromatic rings. The summed E-state index contributed by atoms with van der Waals surface area (Å²) in [5, 5.41) is 3.79. The summed E-state index contributed by atoms with van der Waals surface area (Å²) in [6.45, 7) is 1.19. The van der Waals surface area contributed by atoms with Crippen molar-refractivity contribution in [2.24, 2.45) is 11.3 Å². The molecule has 1 N–H and O–H groups in total. The highest BCUT2D eigenvalue weighted by Gasteiger charge is 2.53. The van der Waals surface area contributed by atoms with Gasteiger partial charge in [-0.1, -0.05) is 41.8 Å². The van der Waals surface area contributed by atoms with Crippen LogP contribution in [0.1, 0.15) is 50.5 Å². The van der Waals surface area contributed by atoms with Crippen molar-refractivity contribution in [3.63, 3.8) is 0 Å². The lowest BCUT2D eigenvalue weighted by atomic mass is 9.69. The highest BCUT2D eigenvalue weighted by Crippen LogP contribution is 2.50. The first kappa shape index (κ1) is 26.5. The number of nitrogens with zero attached hydrogens (tertiary/aromatic N) is 1. The molecule has 2 amide bonds. The number of carbonyl (C=O) groups excluding carboxylic acids is 3. The first-order chi connectivity index (χ1) is 16.3. The Morgan fingerprint density at radius 2 is 2.03 bits per heavy atom. The van der Waals surface area contributed by atoms with E-state index in [2.05, 4.69) is 5.32 Å². The van der Waals surface area contributed by atoms with Crippen LogP contribution in [0.25, 0.3) is 0 Å². The Bertz CT molecular complexity index is 951. The number of esters is 1. The Morgan fingerprint density at radius 3 is 2.74 bits per heavy atom. The van der Waals surface area contributed by atoms with Crippen molar-refractivity contribution in [2.45, 2.75) is 51.5 Å². The first-order valence-electron chi connectivity index (χ1n) is 11.6. The number of rotatable bonds is 9. The Kier molecular flexibility index (Phi) is 9.39. The number of halogens is 2. The zero-order chi connectivity index (χ0) is 24.7. The molecule has 1 aromatic carbocycles. The van der Waals surface area contributed by atoms with Crippen molar-refractivity contribution in [1.29, 1.82) is 0 Å². The van der Waals surface area contributed by atoms with Crippen molar-refractivity contribution in [2.75, 3.05) is 27.4 Å². The fourth-order valence-electron chi connectivity index (χ4n) is 4.92. The van der Waals surface area contributed by atoms with Crippen LogP contribution in [-0.4, -0.2) is 50.1 Å². The van der Waals surface area contributed by atoms with Gasteiger partial charge in [-0.15, -0.1) is 0 Å². The molecule has 1 heterocycles. The van der Waals surface area contributed by atoms with Gasteiger partial charge in [0.25, 0.3) is 0 Å². The maximum atomic E-state index is 13.7. The molecule has 2 atom stereocenters. The molecule has 0 saturated carbocycles. The van der Waals surface area contributed by atoms with Crippen LogP contribution in [0, 0.1) is 11.3 Å². The average Bonchev–Trinajstić information content (AvgIpc) is 3.03. The molecule has 1 fully saturated rings. The molecule has 34 heavy (non-hydrogen) atoms. The predicted molar refractivity (Wildman–Crippen MR) is 130 cm³/mol. The largest absolute Gasteiger partial charge is 0.468 e. The van der Waals surface area contributed by atoms with E-state index in [9.17, 15) is 14.4 Å². The zero-order valence-electron chi connectivity index (χ0n) is 19.7. The maximum Gasteiger partial charge on any atom is 0.317 e. The normalized spacial score (nSPS) is 22.5. The third-order valence-electron chi connectivity index (χ3n) is 6.59. The number of benzene rings is 1. The summed E-state index contributed by atoms with van der Waals surface area (Å²) < 4.78 is 10.3. The summed E-state index contributed by atoms with van der Waals surface area (Å²) >= 11 is 12.5. The van der Waals surface area contributed by atoms with Crippen molar-refractivity contribution < 1.29 is 23.9 Å². The summed E-state index contributed by atoms with van der Waals surface area (Å²) in [4.78, 5) is 41.2. The van der Waals surface area contributed by atoms with E-state index in [1.54, 1.807) is 30.2 Å². The van der Waals surface area contributed by atoms with Gasteiger partial charge in [0.1, 0.15) is 5.41 Å². The van der Waals surface area contributed by atoms with Gasteiger partial charge in [-0.3, -0.25) is 14.4 Å². The van der Waals surface area contributed by atoms with Crippen LogP contribution in [0.4, 0.5) is 0 Å². The van der Waals surface area contributed by atoms with Gasteiger partial charge in [0.15, 0.2) is 0 Å². The lowest BCUT2D eigenvalue weighted by Gasteiger charge is -2.46. The van der Waals surface area contributed by atoms with Gasteiger partial charge in [-0.05, 0) is 49.8 Å². The van der Waals surface area contributed by atoms with E-state index in [0.29, 0.717) is 47.3 Å². The van der Waals surface area contributed by atoms with Gasteiger partial charge in [0.05, 0.1) is 13.7 Å². The van der Waals surface area contributed by atoms with Crippen LogP contribution >= 0.6 is 23.2 Å². The molecule has 2 aliphatic rings. The summed E-state index contributed by atoms with van der Waals surface area (Å²) in [5.41, 5.74) is 0.400. The van der Waals surface area contributed by atoms with Gasteiger partial charge < -0.3 is 19.7 Å². The molecule has 0 unspecified atom stereocenters. The molecule has 7 nitrogen and oxygen atoms in total. The number of hydrogen-bond donors (Lipinski definition) is 1. The number of ether oxygens (including phenoxy) is 2. The number of hydrogen-bond acceptors (Lipinski definition) is 5. The van der Waals surface area contributed by atoms with Crippen LogP contribution in [-0.2, 0) is 30.4 Å². The average molecular weight is 511 g/mol. The second kappa shape index (κ2) is 12.0. The number of allylic oxidation sites excluding steroid dienone is 1. The molecule has 0 spiro atoms. The van der Waals surface area contributed by atoms with E-state index in [1.165, 1.54) is 7.11 Å². The second-order valence-electron chi connectivity index (χ2n) is 8.87. The molecule has 1 saturated heterocycles. The Balaban J connectivity index is 1.94. The molecule has 0 radical (unpaired) electrons. The monoisotopic (exact) mass is 510 g/mol. The summed E-state index contributed by atoms with van der Waals surface area (Å²) in [5.74, 6) is -1.43. The van der Waals surface area contributed by atoms with Crippen molar-refractivity contribution in [3.8, 4) is 0 Å². The Morgan fingerprint density at radius 1 is 1.24 bits per heavy atom. The topological polar surface area (TPSA) is 84.9 Å². The van der Waals surface area contributed by atoms with Gasteiger partial charge in [0, 0.05) is 48.3 Å². The lowest BCUT2D eigenvalue weighted by molar-refractivity contribution is -0.160. The minimum atomic E-state index is -0.973. The summed E-state index contributed by atoms with van der Waals surface area (Å²) in [6.07, 6.45) is 5.98. The Labute approximate surface area is 210 Å². The highest BCUT2D eigenvalue weighted by molar-refractivity contribution is 6.35. The first-order valence-corrected chi connectivity index (χ1v) is 12.4.